The predicted molar refractivity (Wildman–Crippen MR) is 110 cm³/mol. The number of likely N-dealkylation sites (N-methyl/N-ethyl adjacent to an activating group) is 1. The number of hydrogen-bond acceptors (Lipinski definition) is 5. The number of nitrogens with one attached hydrogen (secondary N) is 1. The van der Waals surface area contributed by atoms with Gasteiger partial charge >= 0.3 is 0 Å². The molecule has 1 saturated carbocycles. The second-order valence-electron chi connectivity index (χ2n) is 8.23. The van der Waals surface area contributed by atoms with Crippen molar-refractivity contribution in [1.29, 1.82) is 0 Å². The third kappa shape index (κ3) is 3.45. The van der Waals surface area contributed by atoms with Crippen molar-refractivity contribution < 1.29 is 22.7 Å². The van der Waals surface area contributed by atoms with E-state index in [9.17, 15) is 18.0 Å². The minimum Gasteiger partial charge on any atom is -0.490 e. The summed E-state index contributed by atoms with van der Waals surface area (Å²) in [6.45, 7) is 3.39. The van der Waals surface area contributed by atoms with E-state index in [-0.39, 0.29) is 29.8 Å². The zero-order chi connectivity index (χ0) is 21.7. The van der Waals surface area contributed by atoms with Gasteiger partial charge in [-0.15, -0.1) is 0 Å². The van der Waals surface area contributed by atoms with Crippen molar-refractivity contribution in [3.63, 3.8) is 0 Å². The summed E-state index contributed by atoms with van der Waals surface area (Å²) in [5, 5.41) is 3.37. The number of amides is 1. The van der Waals surface area contributed by atoms with Crippen LogP contribution < -0.4 is 19.9 Å². The van der Waals surface area contributed by atoms with Crippen LogP contribution in [0.5, 0.6) is 5.75 Å². The first-order valence-electron chi connectivity index (χ1n) is 10.6. The van der Waals surface area contributed by atoms with Gasteiger partial charge in [0.2, 0.25) is 5.91 Å². The largest absolute Gasteiger partial charge is 0.490 e. The van der Waals surface area contributed by atoms with E-state index in [0.717, 1.165) is 48.8 Å². The summed E-state index contributed by atoms with van der Waals surface area (Å²) in [6.07, 6.45) is 2.87. The number of hydrogen-bond donors (Lipinski definition) is 1. The average molecular weight is 432 g/mol. The lowest BCUT2D eigenvalue weighted by molar-refractivity contribution is -0.119. The number of fused-ring (bicyclic) bond motifs is 3. The molecule has 1 atom stereocenters. The second-order valence-corrected chi connectivity index (χ2v) is 8.23. The SMILES string of the molecule is CCN1C(=O)C2CCCN2c2nc(N[C@H]3C[C@H](Oc4cc(F)c(F)c(F)c4)C3)ccc21. The Bertz CT molecular complexity index is 1000. The van der Waals surface area contributed by atoms with E-state index in [2.05, 4.69) is 10.2 Å². The van der Waals surface area contributed by atoms with Gasteiger partial charge in [0.15, 0.2) is 23.3 Å². The normalized spacial score (nSPS) is 24.5. The number of halogens is 3. The van der Waals surface area contributed by atoms with Crippen LogP contribution >= 0.6 is 0 Å². The Labute approximate surface area is 178 Å². The molecule has 2 aliphatic heterocycles. The molecular formula is C22H23F3N4O2. The number of pyridine rings is 1. The molecule has 5 rings (SSSR count). The van der Waals surface area contributed by atoms with E-state index in [1.165, 1.54) is 0 Å². The van der Waals surface area contributed by atoms with E-state index >= 15 is 0 Å². The highest BCUT2D eigenvalue weighted by atomic mass is 19.2. The monoisotopic (exact) mass is 432 g/mol. The lowest BCUT2D eigenvalue weighted by Gasteiger charge is -2.39. The molecule has 0 spiro atoms. The molecule has 1 aromatic carbocycles. The summed E-state index contributed by atoms with van der Waals surface area (Å²) in [6, 6.07) is 5.48. The lowest BCUT2D eigenvalue weighted by atomic mass is 9.89. The van der Waals surface area contributed by atoms with Crippen LogP contribution in [-0.4, -0.2) is 42.2 Å². The highest BCUT2D eigenvalue weighted by Crippen LogP contribution is 2.40. The van der Waals surface area contributed by atoms with E-state index in [1.807, 2.05) is 19.1 Å². The molecule has 31 heavy (non-hydrogen) atoms. The maximum absolute atomic E-state index is 13.3. The molecule has 1 aliphatic carbocycles. The highest BCUT2D eigenvalue weighted by Gasteiger charge is 2.41. The Morgan fingerprint density at radius 1 is 1.19 bits per heavy atom. The van der Waals surface area contributed by atoms with Gasteiger partial charge in [0.25, 0.3) is 0 Å². The summed E-state index contributed by atoms with van der Waals surface area (Å²) >= 11 is 0. The number of carbonyl (C=O) groups excluding carboxylic acids is 1. The molecule has 1 unspecified atom stereocenters. The Morgan fingerprint density at radius 3 is 2.65 bits per heavy atom. The molecule has 0 bridgehead atoms. The van der Waals surface area contributed by atoms with Crippen molar-refractivity contribution in [3.8, 4) is 5.75 Å². The Morgan fingerprint density at radius 2 is 1.94 bits per heavy atom. The van der Waals surface area contributed by atoms with Gasteiger partial charge in [0.05, 0.1) is 5.69 Å². The lowest BCUT2D eigenvalue weighted by Crippen LogP contribution is -2.51. The standard InChI is InChI=1S/C22H23F3N4O2/c1-2-28-17-5-6-19(27-21(17)29-7-3-4-18(29)22(28)30)26-12-8-13(9-12)31-14-10-15(23)20(25)16(24)11-14/h5-6,10-13,18H,2-4,7-9H2,1H3,(H,26,27)/t12-,13-,18?. The summed E-state index contributed by atoms with van der Waals surface area (Å²) in [5.74, 6) is -2.35. The number of aromatic nitrogens is 1. The molecule has 6 nitrogen and oxygen atoms in total. The van der Waals surface area contributed by atoms with Crippen LogP contribution in [0.1, 0.15) is 32.6 Å². The molecular weight excluding hydrogens is 409 g/mol. The maximum atomic E-state index is 13.3. The van der Waals surface area contributed by atoms with Crippen molar-refractivity contribution in [2.75, 3.05) is 28.2 Å². The van der Waals surface area contributed by atoms with Crippen LogP contribution in [0, 0.1) is 17.5 Å². The molecule has 0 radical (unpaired) electrons. The van der Waals surface area contributed by atoms with Gasteiger partial charge in [-0.05, 0) is 31.9 Å². The topological polar surface area (TPSA) is 57.7 Å². The van der Waals surface area contributed by atoms with Crippen molar-refractivity contribution in [2.24, 2.45) is 0 Å². The van der Waals surface area contributed by atoms with Crippen molar-refractivity contribution in [1.82, 2.24) is 4.98 Å². The third-order valence-electron chi connectivity index (χ3n) is 6.24. The molecule has 1 aromatic heterocycles. The summed E-state index contributed by atoms with van der Waals surface area (Å²) in [7, 11) is 0. The molecule has 1 N–H and O–H groups in total. The van der Waals surface area contributed by atoms with Gasteiger partial charge in [-0.1, -0.05) is 0 Å². The molecule has 164 valence electrons. The molecule has 1 amide bonds. The second kappa shape index (κ2) is 7.62. The maximum Gasteiger partial charge on any atom is 0.249 e. The fourth-order valence-electron chi connectivity index (χ4n) is 4.63. The average Bonchev–Trinajstić information content (AvgIpc) is 3.21. The molecule has 9 heteroatoms. The number of anilines is 3. The summed E-state index contributed by atoms with van der Waals surface area (Å²) in [4.78, 5) is 21.4. The highest BCUT2D eigenvalue weighted by molar-refractivity contribution is 6.05. The van der Waals surface area contributed by atoms with Gasteiger partial charge in [-0.2, -0.15) is 0 Å². The van der Waals surface area contributed by atoms with Gasteiger partial charge in [0.1, 0.15) is 23.7 Å². The zero-order valence-electron chi connectivity index (χ0n) is 17.1. The number of ether oxygens (including phenoxy) is 1. The van der Waals surface area contributed by atoms with E-state index < -0.39 is 17.5 Å². The first-order valence-corrected chi connectivity index (χ1v) is 10.6. The zero-order valence-corrected chi connectivity index (χ0v) is 17.1. The summed E-state index contributed by atoms with van der Waals surface area (Å²) < 4.78 is 45.3. The van der Waals surface area contributed by atoms with Crippen LogP contribution in [-0.2, 0) is 4.79 Å². The number of carbonyl (C=O) groups is 1. The van der Waals surface area contributed by atoms with Gasteiger partial charge in [-0.25, -0.2) is 18.2 Å². The van der Waals surface area contributed by atoms with E-state index in [0.29, 0.717) is 19.4 Å². The molecule has 1 saturated heterocycles. The van der Waals surface area contributed by atoms with Crippen LogP contribution in [0.4, 0.5) is 30.5 Å². The van der Waals surface area contributed by atoms with Crippen molar-refractivity contribution >= 4 is 23.2 Å². The Kier molecular flexibility index (Phi) is 4.91. The van der Waals surface area contributed by atoms with Gasteiger partial charge < -0.3 is 19.9 Å². The third-order valence-corrected chi connectivity index (χ3v) is 6.24. The predicted octanol–water partition coefficient (Wildman–Crippen LogP) is 3.86. The molecule has 2 aromatic rings. The van der Waals surface area contributed by atoms with Crippen molar-refractivity contribution in [3.05, 3.63) is 41.7 Å². The first-order chi connectivity index (χ1) is 14.9. The quantitative estimate of drug-likeness (QED) is 0.728. The van der Waals surface area contributed by atoms with Crippen molar-refractivity contribution in [2.45, 2.75) is 50.8 Å². The Hall–Kier alpha value is -2.97. The van der Waals surface area contributed by atoms with E-state index in [1.54, 1.807) is 4.90 Å². The fraction of sp³-hybridized carbons (Fsp3) is 0.455. The number of benzene rings is 1. The Balaban J connectivity index is 1.25. The van der Waals surface area contributed by atoms with E-state index in [4.69, 9.17) is 9.72 Å². The minimum atomic E-state index is -1.50. The van der Waals surface area contributed by atoms with Gasteiger partial charge in [0, 0.05) is 44.1 Å². The minimum absolute atomic E-state index is 0.0174. The molecule has 3 aliphatic rings. The van der Waals surface area contributed by atoms with Crippen LogP contribution in [0.3, 0.4) is 0 Å². The van der Waals surface area contributed by atoms with Crippen LogP contribution in [0.2, 0.25) is 0 Å². The number of rotatable bonds is 5. The van der Waals surface area contributed by atoms with Crippen LogP contribution in [0.25, 0.3) is 0 Å². The summed E-state index contributed by atoms with van der Waals surface area (Å²) in [5.41, 5.74) is 0.839. The van der Waals surface area contributed by atoms with Crippen LogP contribution in [0.15, 0.2) is 24.3 Å². The van der Waals surface area contributed by atoms with Gasteiger partial charge in [-0.3, -0.25) is 4.79 Å². The first kappa shape index (κ1) is 20.0. The molecule has 3 heterocycles. The number of nitrogens with zero attached hydrogens (tertiary/aromatic N) is 3. The fourth-order valence-corrected chi connectivity index (χ4v) is 4.63. The smallest absolute Gasteiger partial charge is 0.249 e. The molecule has 2 fully saturated rings.